The second-order valence-corrected chi connectivity index (χ2v) is 8.34. The van der Waals surface area contributed by atoms with Gasteiger partial charge in [0.2, 0.25) is 5.91 Å². The predicted octanol–water partition coefficient (Wildman–Crippen LogP) is 4.51. The van der Waals surface area contributed by atoms with Crippen molar-refractivity contribution in [2.45, 2.75) is 43.3 Å². The summed E-state index contributed by atoms with van der Waals surface area (Å²) in [6.07, 6.45) is -1.31. The van der Waals surface area contributed by atoms with Crippen LogP contribution in [0, 0.1) is 0 Å². The van der Waals surface area contributed by atoms with Gasteiger partial charge in [0, 0.05) is 22.5 Å². The Morgan fingerprint density at radius 2 is 2.00 bits per heavy atom. The molecule has 0 saturated heterocycles. The van der Waals surface area contributed by atoms with Crippen molar-refractivity contribution >= 4 is 34.1 Å². The number of aromatic nitrogens is 2. The number of alkyl halides is 3. The molecule has 0 bridgehead atoms. The van der Waals surface area contributed by atoms with Gasteiger partial charge in [-0.15, -0.1) is 0 Å². The minimum Gasteiger partial charge on any atom is -0.328 e. The van der Waals surface area contributed by atoms with E-state index in [9.17, 15) is 18.0 Å². The summed E-state index contributed by atoms with van der Waals surface area (Å²) >= 11 is 0. The third-order valence-electron chi connectivity index (χ3n) is 6.42. The first-order chi connectivity index (χ1) is 16.4. The van der Waals surface area contributed by atoms with Gasteiger partial charge >= 0.3 is 6.18 Å². The first kappa shape index (κ1) is 17.4. The highest BCUT2D eigenvalue weighted by Gasteiger charge is 2.51. The van der Waals surface area contributed by atoms with Crippen LogP contribution in [0.5, 0.6) is 0 Å². The number of pyridine rings is 2. The van der Waals surface area contributed by atoms with Crippen LogP contribution in [0.25, 0.3) is 10.9 Å². The van der Waals surface area contributed by atoms with Crippen LogP contribution < -0.4 is 16.0 Å². The summed E-state index contributed by atoms with van der Waals surface area (Å²) in [4.78, 5) is 22.6. The van der Waals surface area contributed by atoms with Crippen LogP contribution in [0.15, 0.2) is 42.6 Å². The topological polar surface area (TPSA) is 84.1 Å². The Hall–Kier alpha value is -3.20. The third kappa shape index (κ3) is 3.19. The summed E-state index contributed by atoms with van der Waals surface area (Å²) in [5.74, 6) is -0.120. The maximum absolute atomic E-state index is 13.5. The highest BCUT2D eigenvalue weighted by Crippen LogP contribution is 2.49. The molecule has 1 fully saturated rings. The smallest absolute Gasteiger partial charge is 0.328 e. The van der Waals surface area contributed by atoms with Crippen LogP contribution in [-0.2, 0) is 16.4 Å². The van der Waals surface area contributed by atoms with E-state index in [-0.39, 0.29) is 28.9 Å². The number of halogens is 3. The number of carbonyl (C=O) groups excluding carboxylic acids is 1. The number of likely N-dealkylation sites (N-methyl/N-ethyl adjacent to an activating group) is 1. The molecular weight excluding hydrogens is 419 g/mol. The van der Waals surface area contributed by atoms with Crippen LogP contribution in [0.2, 0.25) is 0 Å². The van der Waals surface area contributed by atoms with Gasteiger partial charge in [-0.2, -0.15) is 13.2 Å². The zero-order chi connectivity index (χ0) is 25.2. The number of fused-ring (bicyclic) bond motifs is 3. The number of nitrogens with two attached hydrogens (primary N) is 1. The fraction of sp³-hybridized carbons (Fsp3) is 0.348. The normalized spacial score (nSPS) is 24.9. The van der Waals surface area contributed by atoms with Crippen LogP contribution in [0.3, 0.4) is 0 Å². The Morgan fingerprint density at radius 3 is 2.72 bits per heavy atom. The lowest BCUT2D eigenvalue weighted by Gasteiger charge is -2.34. The van der Waals surface area contributed by atoms with Crippen molar-refractivity contribution < 1.29 is 22.1 Å². The molecule has 1 aromatic carbocycles. The first-order valence-electron chi connectivity index (χ1n) is 11.7. The summed E-state index contributed by atoms with van der Waals surface area (Å²) in [6.45, 7) is -2.68. The lowest BCUT2D eigenvalue weighted by molar-refractivity contribution is -0.136. The number of hydrogen-bond donors (Lipinski definition) is 2. The summed E-state index contributed by atoms with van der Waals surface area (Å²) < 4.78 is 64.0. The highest BCUT2D eigenvalue weighted by atomic mass is 19.4. The Bertz CT molecular complexity index is 1320. The summed E-state index contributed by atoms with van der Waals surface area (Å²) in [6, 6.07) is 8.43. The van der Waals surface area contributed by atoms with E-state index in [2.05, 4.69) is 15.3 Å². The zero-order valence-corrected chi connectivity index (χ0v) is 16.9. The number of rotatable bonds is 2. The molecule has 3 N–H and O–H groups in total. The molecule has 1 saturated carbocycles. The molecule has 3 aromatic rings. The quantitative estimate of drug-likeness (QED) is 0.608. The fourth-order valence-corrected chi connectivity index (χ4v) is 4.71. The van der Waals surface area contributed by atoms with Gasteiger partial charge in [0.05, 0.1) is 28.4 Å². The first-order valence-corrected chi connectivity index (χ1v) is 10.2. The molecule has 5 rings (SSSR count). The number of nitrogens with one attached hydrogen (secondary N) is 1. The summed E-state index contributed by atoms with van der Waals surface area (Å²) in [7, 11) is 0. The molecule has 3 heterocycles. The number of hydrogen-bond acceptors (Lipinski definition) is 5. The molecule has 1 aliphatic carbocycles. The molecule has 2 aromatic heterocycles. The van der Waals surface area contributed by atoms with Gasteiger partial charge in [-0.25, -0.2) is 9.97 Å². The minimum absolute atomic E-state index is 0.0669. The molecule has 9 heteroatoms. The number of benzene rings is 1. The number of anilines is 3. The molecule has 1 spiro atoms. The number of para-hydroxylation sites is 1. The zero-order valence-electron chi connectivity index (χ0n) is 19.9. The fourth-order valence-electron chi connectivity index (χ4n) is 4.71. The number of nitrogens with zero attached hydrogens (tertiary/aromatic N) is 3. The van der Waals surface area contributed by atoms with Crippen LogP contribution in [-0.4, -0.2) is 28.9 Å². The van der Waals surface area contributed by atoms with E-state index in [1.807, 2.05) is 0 Å². The van der Waals surface area contributed by atoms with Gasteiger partial charge in [-0.3, -0.25) is 4.79 Å². The van der Waals surface area contributed by atoms with Gasteiger partial charge < -0.3 is 16.0 Å². The van der Waals surface area contributed by atoms with E-state index >= 15 is 0 Å². The molecule has 0 unspecified atom stereocenters. The van der Waals surface area contributed by atoms with E-state index in [0.717, 1.165) is 11.0 Å². The van der Waals surface area contributed by atoms with Crippen LogP contribution in [0.4, 0.5) is 30.5 Å². The Balaban J connectivity index is 1.56. The SMILES string of the molecule is [2H]C([2H])([2H])N1C(=O)C2(CCC(N)CC2)c2cc(Nc3ccc4cccc(C(F)(F)F)c4n3)ncc21. The van der Waals surface area contributed by atoms with Crippen molar-refractivity contribution in [2.75, 3.05) is 17.2 Å². The van der Waals surface area contributed by atoms with Crippen molar-refractivity contribution in [2.24, 2.45) is 5.73 Å². The van der Waals surface area contributed by atoms with Crippen molar-refractivity contribution in [3.8, 4) is 0 Å². The van der Waals surface area contributed by atoms with Gasteiger partial charge in [-0.1, -0.05) is 12.1 Å². The maximum atomic E-state index is 13.5. The van der Waals surface area contributed by atoms with Gasteiger partial charge in [-0.05, 0) is 55.5 Å². The monoisotopic (exact) mass is 444 g/mol. The lowest BCUT2D eigenvalue weighted by atomic mass is 9.69. The van der Waals surface area contributed by atoms with Crippen molar-refractivity contribution in [1.82, 2.24) is 9.97 Å². The molecule has 1 amide bonds. The van der Waals surface area contributed by atoms with Crippen molar-refractivity contribution in [3.63, 3.8) is 0 Å². The standard InChI is InChI=1S/C23H22F3N5O/c1-31-17-12-28-19(11-16(17)22(21(31)32)9-7-14(27)8-10-22)29-18-6-5-13-3-2-4-15(20(13)30-18)23(24,25)26/h2-6,11-12,14H,7-10,27H2,1H3,(H,28,29,30)/i1D3. The Morgan fingerprint density at radius 1 is 1.22 bits per heavy atom. The highest BCUT2D eigenvalue weighted by molar-refractivity contribution is 6.08. The predicted molar refractivity (Wildman–Crippen MR) is 116 cm³/mol. The van der Waals surface area contributed by atoms with E-state index in [4.69, 9.17) is 9.85 Å². The molecular formula is C23H22F3N5O. The summed E-state index contributed by atoms with van der Waals surface area (Å²) in [5, 5.41) is 3.26. The second kappa shape index (κ2) is 7.16. The lowest BCUT2D eigenvalue weighted by Crippen LogP contribution is -2.44. The minimum atomic E-state index is -4.57. The molecule has 0 atom stereocenters. The molecule has 6 nitrogen and oxygen atoms in total. The van der Waals surface area contributed by atoms with Crippen LogP contribution in [0.1, 0.15) is 40.9 Å². The van der Waals surface area contributed by atoms with Gasteiger partial charge in [0.25, 0.3) is 0 Å². The van der Waals surface area contributed by atoms with E-state index in [0.29, 0.717) is 36.6 Å². The van der Waals surface area contributed by atoms with Gasteiger partial charge in [0.1, 0.15) is 11.6 Å². The Labute approximate surface area is 186 Å². The molecule has 1 aliphatic heterocycles. The van der Waals surface area contributed by atoms with E-state index in [1.54, 1.807) is 12.1 Å². The van der Waals surface area contributed by atoms with E-state index < -0.39 is 30.0 Å². The van der Waals surface area contributed by atoms with E-state index in [1.165, 1.54) is 24.4 Å². The van der Waals surface area contributed by atoms with Crippen molar-refractivity contribution in [1.29, 1.82) is 0 Å². The molecule has 32 heavy (non-hydrogen) atoms. The van der Waals surface area contributed by atoms with Crippen LogP contribution >= 0.6 is 0 Å². The number of amides is 1. The van der Waals surface area contributed by atoms with Gasteiger partial charge in [0.15, 0.2) is 0 Å². The molecule has 166 valence electrons. The molecule has 2 aliphatic rings. The Kier molecular flexibility index (Phi) is 3.89. The maximum Gasteiger partial charge on any atom is 0.418 e. The average Bonchev–Trinajstić information content (AvgIpc) is 3.02. The second-order valence-electron chi connectivity index (χ2n) is 8.34. The van der Waals surface area contributed by atoms with Crippen molar-refractivity contribution in [3.05, 3.63) is 53.7 Å². The number of carbonyl (C=O) groups is 1. The average molecular weight is 444 g/mol. The largest absolute Gasteiger partial charge is 0.418 e. The molecule has 0 radical (unpaired) electrons. The third-order valence-corrected chi connectivity index (χ3v) is 6.42. The summed E-state index contributed by atoms with van der Waals surface area (Å²) in [5.41, 5.74) is 4.70.